The van der Waals surface area contributed by atoms with Gasteiger partial charge in [0.15, 0.2) is 5.78 Å². The van der Waals surface area contributed by atoms with Crippen molar-refractivity contribution in [3.05, 3.63) is 11.8 Å². The minimum atomic E-state index is -0.939. The summed E-state index contributed by atoms with van der Waals surface area (Å²) in [5, 5.41) is 9.08. The Hall–Kier alpha value is 0.988. The van der Waals surface area contributed by atoms with E-state index in [-0.39, 0.29) is 16.6 Å². The van der Waals surface area contributed by atoms with Crippen molar-refractivity contribution in [3.63, 3.8) is 0 Å². The molecule has 0 aromatic heterocycles. The fraction of sp³-hybridized carbons (Fsp3) is 0.727. The fourth-order valence-electron chi connectivity index (χ4n) is 6.18. The van der Waals surface area contributed by atoms with Gasteiger partial charge in [-0.1, -0.05) is 13.8 Å². The van der Waals surface area contributed by atoms with Crippen LogP contribution < -0.4 is 0 Å². The van der Waals surface area contributed by atoms with Gasteiger partial charge in [-0.15, -0.1) is 0 Å². The second kappa shape index (κ2) is 15.5. The van der Waals surface area contributed by atoms with Crippen LogP contribution in [0.5, 0.6) is 0 Å². The number of hydrogen-bond donors (Lipinski definition) is 1. The van der Waals surface area contributed by atoms with Gasteiger partial charge in [-0.25, -0.2) is 0 Å². The summed E-state index contributed by atoms with van der Waals surface area (Å²) in [5.74, 6) is 0.176. The van der Waals surface area contributed by atoms with Crippen molar-refractivity contribution >= 4 is 187 Å². The second-order valence-electron chi connectivity index (χ2n) is 11.5. The summed E-state index contributed by atoms with van der Waals surface area (Å²) < 4.78 is 0. The molecule has 3 saturated carbocycles. The Balaban J connectivity index is 0.000000457. The van der Waals surface area contributed by atoms with Gasteiger partial charge < -0.3 is 5.11 Å². The van der Waals surface area contributed by atoms with Gasteiger partial charge in [-0.05, 0) is 31.1 Å². The van der Waals surface area contributed by atoms with Crippen LogP contribution in [0.25, 0.3) is 0 Å². The zero-order valence-electron chi connectivity index (χ0n) is 22.5. The molecule has 0 unspecified atom stereocenters. The predicted molar refractivity (Wildman–Crippen MR) is 196 cm³/mol. The Morgan fingerprint density at radius 3 is 1.21 bits per heavy atom. The summed E-state index contributed by atoms with van der Waals surface area (Å²) in [6.07, 6.45) is -3.81. The predicted octanol–water partition coefficient (Wildman–Crippen LogP) is -5.89. The zero-order chi connectivity index (χ0) is 29.7. The SMILES string of the molecule is CC12CCC(C)(CC1)/C(=C\O)C2=O.[B]B([B])B(B([B])[B])B(B=S)B(B(B([B])[B])B([B])[B])B(B([B])[B])B([B])[B]. The molecule has 3 aliphatic rings. The summed E-state index contributed by atoms with van der Waals surface area (Å²) >= 11 is 5.18. The van der Waals surface area contributed by atoms with E-state index in [9.17, 15) is 4.79 Å². The van der Waals surface area contributed by atoms with E-state index in [0.717, 1.165) is 31.9 Å². The van der Waals surface area contributed by atoms with Crippen LogP contribution in [0.1, 0.15) is 39.5 Å². The van der Waals surface area contributed by atoms with Crippen LogP contribution in [0.2, 0.25) is 0 Å². The van der Waals surface area contributed by atoms with Crippen LogP contribution in [-0.4, -0.2) is 180 Å². The third-order valence-corrected chi connectivity index (χ3v) is 8.95. The monoisotopic (exact) mass is 476 g/mol. The van der Waals surface area contributed by atoms with E-state index < -0.39 is 70.2 Å². The van der Waals surface area contributed by atoms with E-state index in [1.54, 1.807) is 0 Å². The van der Waals surface area contributed by atoms with Crippen molar-refractivity contribution in [3.8, 4) is 0 Å². The number of aliphatic hydroxyl groups is 1. The molecule has 150 valence electrons. The quantitative estimate of drug-likeness (QED) is 0.185. The molecule has 3 aliphatic carbocycles. The first-order valence-electron chi connectivity index (χ1n) is 12.8. The van der Waals surface area contributed by atoms with E-state index in [1.165, 1.54) is 6.05 Å². The number of rotatable bonds is 11. The molecule has 0 amide bonds. The number of hydrogen-bond acceptors (Lipinski definition) is 3. The Kier molecular flexibility index (Phi) is 15.1. The molecule has 0 heterocycles. The van der Waals surface area contributed by atoms with Crippen LogP contribution in [0, 0.1) is 10.8 Å². The molecule has 38 heavy (non-hydrogen) atoms. The number of carbonyl (C=O) groups excluding carboxylic acids is 1. The van der Waals surface area contributed by atoms with Gasteiger partial charge in [0, 0.05) is 11.0 Å². The zero-order valence-corrected chi connectivity index (χ0v) is 23.3. The van der Waals surface area contributed by atoms with Crippen molar-refractivity contribution in [2.24, 2.45) is 10.8 Å². The van der Waals surface area contributed by atoms with Crippen molar-refractivity contribution in [1.29, 1.82) is 0 Å². The van der Waals surface area contributed by atoms with Crippen molar-refractivity contribution in [1.82, 2.24) is 0 Å². The first kappa shape index (κ1) is 37.0. The molecular formula is C11H16B24O2S. The number of Topliss-reactive ketones (excluding diaryl/α,β-unsaturated/α-hetero) is 1. The van der Waals surface area contributed by atoms with Crippen LogP contribution in [0.3, 0.4) is 0 Å². The molecule has 0 aromatic carbocycles. The Labute approximate surface area is 257 Å². The number of fused-ring (bicyclic) bond motifs is 3. The van der Waals surface area contributed by atoms with Crippen molar-refractivity contribution in [2.75, 3.05) is 0 Å². The van der Waals surface area contributed by atoms with E-state index in [2.05, 4.69) is 6.92 Å². The third kappa shape index (κ3) is 8.52. The number of ketones is 1. The molecule has 2 nitrogen and oxygen atoms in total. The second-order valence-corrected chi connectivity index (χ2v) is 11.8. The van der Waals surface area contributed by atoms with E-state index in [1.807, 2.05) is 6.92 Å². The van der Waals surface area contributed by atoms with Crippen molar-refractivity contribution in [2.45, 2.75) is 39.5 Å². The standard InChI is InChI=1S/C11H16O2.B24S/c1-10-3-5-11(2,6-4-10)9(13)8(10)7-12;1-14(2)21(15(3)4)20(13-25)24(22(16(5)6)17(7)8)23(18(9)10)19(11)12/h7,12H,3-6H2,1-2H3;/b8-7-;. The maximum atomic E-state index is 11.9. The summed E-state index contributed by atoms with van der Waals surface area (Å²) in [6.45, 7) is 4.11. The molecule has 0 spiro atoms. The van der Waals surface area contributed by atoms with Gasteiger partial charge in [0.2, 0.25) is 0 Å². The van der Waals surface area contributed by atoms with E-state index in [4.69, 9.17) is 110 Å². The van der Waals surface area contributed by atoms with Crippen LogP contribution >= 0.6 is 12.1 Å². The van der Waals surface area contributed by atoms with Gasteiger partial charge >= 0.3 is 181 Å². The third-order valence-electron chi connectivity index (χ3n) is 8.63. The van der Waals surface area contributed by atoms with Crippen molar-refractivity contribution < 1.29 is 9.90 Å². The summed E-state index contributed by atoms with van der Waals surface area (Å²) in [6, 6.07) is 1.41. The molecule has 2 bridgehead atoms. The normalized spacial score (nSPS) is 22.2. The molecule has 0 atom stereocenters. The molecule has 3 rings (SSSR count). The first-order valence-corrected chi connectivity index (χ1v) is 13.3. The van der Waals surface area contributed by atoms with Crippen LogP contribution in [-0.2, 0) is 4.79 Å². The average molecular weight is 472 g/mol. The van der Waals surface area contributed by atoms with Gasteiger partial charge in [-0.2, -0.15) is 0 Å². The van der Waals surface area contributed by atoms with Gasteiger partial charge in [0.1, 0.15) is 0 Å². The molecule has 24 radical (unpaired) electrons. The first-order chi connectivity index (χ1) is 17.4. The molecule has 1 N–H and O–H groups in total. The maximum absolute atomic E-state index is 11.9. The van der Waals surface area contributed by atoms with Gasteiger partial charge in [-0.3, -0.25) is 4.79 Å². The van der Waals surface area contributed by atoms with E-state index >= 15 is 0 Å². The minimum absolute atomic E-state index is 0.0381. The molecule has 27 heteroatoms. The Bertz CT molecular complexity index is 767. The Morgan fingerprint density at radius 1 is 0.658 bits per heavy atom. The molecule has 0 saturated heterocycles. The summed E-state index contributed by atoms with van der Waals surface area (Å²) in [7, 11) is 70.7. The van der Waals surface area contributed by atoms with Gasteiger partial charge in [0.25, 0.3) is 0 Å². The average Bonchev–Trinajstić information content (AvgIpc) is 2.77. The molecule has 0 aromatic rings. The molecular weight excluding hydrogens is 456 g/mol. The molecule has 3 fully saturated rings. The molecule has 0 aliphatic heterocycles. The van der Waals surface area contributed by atoms with Crippen LogP contribution in [0.15, 0.2) is 11.8 Å². The van der Waals surface area contributed by atoms with E-state index in [0.29, 0.717) is 5.57 Å². The number of allylic oxidation sites excluding steroid dienone is 1. The van der Waals surface area contributed by atoms with Gasteiger partial charge in [0.05, 0.1) is 6.26 Å². The van der Waals surface area contributed by atoms with Crippen LogP contribution in [0.4, 0.5) is 0 Å². The number of carbonyl (C=O) groups is 1. The topological polar surface area (TPSA) is 37.3 Å². The number of aliphatic hydroxyl groups excluding tert-OH is 1. The summed E-state index contributed by atoms with van der Waals surface area (Å²) in [5.41, 5.74) is 0.447. The summed E-state index contributed by atoms with van der Waals surface area (Å²) in [4.78, 5) is 11.9. The fourth-order valence-corrected chi connectivity index (χ4v) is 6.54. The Morgan fingerprint density at radius 2 is 0.974 bits per heavy atom.